The molecule has 1 heterocycles. The quantitative estimate of drug-likeness (QED) is 0.839. The van der Waals surface area contributed by atoms with Crippen LogP contribution in [0.25, 0.3) is 0 Å². The van der Waals surface area contributed by atoms with E-state index in [2.05, 4.69) is 5.10 Å². The molecule has 1 aromatic carbocycles. The molecule has 0 saturated heterocycles. The molecule has 2 rings (SSSR count). The Bertz CT molecular complexity index is 629. The Morgan fingerprint density at radius 2 is 2.05 bits per heavy atom. The van der Waals surface area contributed by atoms with Crippen LogP contribution in [-0.2, 0) is 24.7 Å². The minimum atomic E-state index is 0.192. The second kappa shape index (κ2) is 5.90. The predicted molar refractivity (Wildman–Crippen MR) is 78.1 cm³/mol. The van der Waals surface area contributed by atoms with Crippen LogP contribution in [0.3, 0.4) is 0 Å². The van der Waals surface area contributed by atoms with Gasteiger partial charge in [-0.2, -0.15) is 5.10 Å². The molecule has 2 aromatic rings. The molecule has 0 radical (unpaired) electrons. The summed E-state index contributed by atoms with van der Waals surface area (Å²) in [6.45, 7) is 3.94. The van der Waals surface area contributed by atoms with E-state index in [4.69, 9.17) is 4.74 Å². The molecule has 1 aromatic heterocycles. The van der Waals surface area contributed by atoms with Crippen LogP contribution in [0.2, 0.25) is 0 Å². The average Bonchev–Trinajstić information content (AvgIpc) is 2.65. The van der Waals surface area contributed by atoms with Crippen LogP contribution in [-0.4, -0.2) is 22.7 Å². The molecule has 0 fully saturated rings. The highest BCUT2D eigenvalue weighted by atomic mass is 16.5. The van der Waals surface area contributed by atoms with Crippen LogP contribution in [0.1, 0.15) is 22.5 Å². The molecule has 0 N–H and O–H groups in total. The molecule has 0 amide bonds. The van der Waals surface area contributed by atoms with E-state index in [9.17, 15) is 4.79 Å². The summed E-state index contributed by atoms with van der Waals surface area (Å²) in [6.07, 6.45) is 0.855. The van der Waals surface area contributed by atoms with Crippen molar-refractivity contribution in [3.63, 3.8) is 0 Å². The molecule has 0 aliphatic rings. The Hall–Kier alpha value is -2.10. The lowest BCUT2D eigenvalue weighted by molar-refractivity contribution is -0.117. The first kappa shape index (κ1) is 14.3. The first-order valence-electron chi connectivity index (χ1n) is 6.65. The zero-order valence-electron chi connectivity index (χ0n) is 12.4. The largest absolute Gasteiger partial charge is 0.497 e. The van der Waals surface area contributed by atoms with Crippen molar-refractivity contribution < 1.29 is 9.53 Å². The van der Waals surface area contributed by atoms with Gasteiger partial charge in [-0.25, -0.2) is 0 Å². The van der Waals surface area contributed by atoms with Crippen molar-refractivity contribution in [3.8, 4) is 5.75 Å². The third-order valence-corrected chi connectivity index (χ3v) is 3.57. The second-order valence-corrected chi connectivity index (χ2v) is 5.02. The third kappa shape index (κ3) is 3.07. The highest BCUT2D eigenvalue weighted by Crippen LogP contribution is 2.16. The van der Waals surface area contributed by atoms with Crippen LogP contribution in [0.15, 0.2) is 24.3 Å². The summed E-state index contributed by atoms with van der Waals surface area (Å²) in [7, 11) is 3.53. The van der Waals surface area contributed by atoms with E-state index in [0.29, 0.717) is 12.8 Å². The molecule has 0 unspecified atom stereocenters. The number of nitrogens with zero attached hydrogens (tertiary/aromatic N) is 2. The predicted octanol–water partition coefficient (Wildman–Crippen LogP) is 2.40. The fourth-order valence-electron chi connectivity index (χ4n) is 2.34. The smallest absolute Gasteiger partial charge is 0.141 e. The molecule has 0 bridgehead atoms. The van der Waals surface area contributed by atoms with Gasteiger partial charge in [-0.05, 0) is 31.5 Å². The molecule has 0 saturated carbocycles. The normalized spacial score (nSPS) is 10.6. The maximum atomic E-state index is 12.2. The van der Waals surface area contributed by atoms with Gasteiger partial charge in [0.1, 0.15) is 11.5 Å². The number of ether oxygens (including phenoxy) is 1. The summed E-state index contributed by atoms with van der Waals surface area (Å²) in [4.78, 5) is 12.2. The maximum Gasteiger partial charge on any atom is 0.141 e. The van der Waals surface area contributed by atoms with Crippen LogP contribution in [0.5, 0.6) is 5.75 Å². The molecule has 0 atom stereocenters. The van der Waals surface area contributed by atoms with E-state index >= 15 is 0 Å². The zero-order chi connectivity index (χ0) is 14.7. The number of carbonyl (C=O) groups is 1. The topological polar surface area (TPSA) is 44.1 Å². The van der Waals surface area contributed by atoms with Gasteiger partial charge >= 0.3 is 0 Å². The summed E-state index contributed by atoms with van der Waals surface area (Å²) in [6, 6.07) is 7.63. The standard InChI is InChI=1S/C16H20N2O2/c1-11-16(12(2)18(3)17-11)10-14(19)8-13-6-5-7-15(9-13)20-4/h5-7,9H,8,10H2,1-4H3. The number of carbonyl (C=O) groups excluding carboxylic acids is 1. The molecular weight excluding hydrogens is 252 g/mol. The number of aromatic nitrogens is 2. The first-order chi connectivity index (χ1) is 9.51. The number of hydrogen-bond acceptors (Lipinski definition) is 3. The van der Waals surface area contributed by atoms with Crippen LogP contribution >= 0.6 is 0 Å². The first-order valence-corrected chi connectivity index (χ1v) is 6.65. The van der Waals surface area contributed by atoms with E-state index in [1.165, 1.54) is 0 Å². The number of ketones is 1. The summed E-state index contributed by atoms with van der Waals surface area (Å²) in [5.74, 6) is 0.974. The highest BCUT2D eigenvalue weighted by molar-refractivity contribution is 5.83. The third-order valence-electron chi connectivity index (χ3n) is 3.57. The van der Waals surface area contributed by atoms with Gasteiger partial charge in [0, 0.05) is 31.1 Å². The van der Waals surface area contributed by atoms with Gasteiger partial charge in [0.2, 0.25) is 0 Å². The second-order valence-electron chi connectivity index (χ2n) is 5.02. The molecule has 20 heavy (non-hydrogen) atoms. The Kier molecular flexibility index (Phi) is 4.23. The van der Waals surface area contributed by atoms with Gasteiger partial charge < -0.3 is 4.74 Å². The summed E-state index contributed by atoms with van der Waals surface area (Å²) >= 11 is 0. The number of benzene rings is 1. The van der Waals surface area contributed by atoms with Crippen molar-refractivity contribution in [2.45, 2.75) is 26.7 Å². The number of rotatable bonds is 5. The van der Waals surface area contributed by atoms with Crippen molar-refractivity contribution in [3.05, 3.63) is 46.8 Å². The van der Waals surface area contributed by atoms with E-state index < -0.39 is 0 Å². The highest BCUT2D eigenvalue weighted by Gasteiger charge is 2.14. The monoisotopic (exact) mass is 272 g/mol. The van der Waals surface area contributed by atoms with Gasteiger partial charge in [0.15, 0.2) is 0 Å². The molecule has 4 heteroatoms. The summed E-state index contributed by atoms with van der Waals surface area (Å²) in [5, 5.41) is 4.34. The maximum absolute atomic E-state index is 12.2. The van der Waals surface area contributed by atoms with E-state index in [-0.39, 0.29) is 5.78 Å². The Morgan fingerprint density at radius 1 is 1.30 bits per heavy atom. The minimum Gasteiger partial charge on any atom is -0.497 e. The molecular formula is C16H20N2O2. The SMILES string of the molecule is COc1cccc(CC(=O)Cc2c(C)nn(C)c2C)c1. The Balaban J connectivity index is 2.09. The number of hydrogen-bond donors (Lipinski definition) is 0. The summed E-state index contributed by atoms with van der Waals surface area (Å²) < 4.78 is 6.99. The average molecular weight is 272 g/mol. The van der Waals surface area contributed by atoms with Crippen molar-refractivity contribution in [2.24, 2.45) is 7.05 Å². The fraction of sp³-hybridized carbons (Fsp3) is 0.375. The van der Waals surface area contributed by atoms with Gasteiger partial charge in [0.25, 0.3) is 0 Å². The van der Waals surface area contributed by atoms with Crippen molar-refractivity contribution >= 4 is 5.78 Å². The molecule has 0 spiro atoms. The number of methoxy groups -OCH3 is 1. The fourth-order valence-corrected chi connectivity index (χ4v) is 2.34. The lowest BCUT2D eigenvalue weighted by Crippen LogP contribution is -2.08. The number of Topliss-reactive ketones (excluding diaryl/α,β-unsaturated/α-hetero) is 1. The lowest BCUT2D eigenvalue weighted by Gasteiger charge is -2.05. The van der Waals surface area contributed by atoms with Crippen LogP contribution < -0.4 is 4.74 Å². The molecule has 0 aliphatic heterocycles. The Labute approximate surface area is 119 Å². The van der Waals surface area contributed by atoms with E-state index in [1.807, 2.05) is 49.8 Å². The van der Waals surface area contributed by atoms with Gasteiger partial charge in [0.05, 0.1) is 12.8 Å². The van der Waals surface area contributed by atoms with E-state index in [0.717, 1.165) is 28.3 Å². The number of aryl methyl sites for hydroxylation is 2. The minimum absolute atomic E-state index is 0.192. The molecule has 4 nitrogen and oxygen atoms in total. The van der Waals surface area contributed by atoms with Crippen molar-refractivity contribution in [1.29, 1.82) is 0 Å². The lowest BCUT2D eigenvalue weighted by atomic mass is 10.0. The Morgan fingerprint density at radius 3 is 2.65 bits per heavy atom. The summed E-state index contributed by atoms with van der Waals surface area (Å²) in [5.41, 5.74) is 4.01. The van der Waals surface area contributed by atoms with Crippen LogP contribution in [0, 0.1) is 13.8 Å². The van der Waals surface area contributed by atoms with Crippen molar-refractivity contribution in [2.75, 3.05) is 7.11 Å². The zero-order valence-corrected chi connectivity index (χ0v) is 12.4. The van der Waals surface area contributed by atoms with Crippen molar-refractivity contribution in [1.82, 2.24) is 9.78 Å². The van der Waals surface area contributed by atoms with Crippen LogP contribution in [0.4, 0.5) is 0 Å². The van der Waals surface area contributed by atoms with Gasteiger partial charge in [-0.3, -0.25) is 9.48 Å². The van der Waals surface area contributed by atoms with E-state index in [1.54, 1.807) is 7.11 Å². The van der Waals surface area contributed by atoms with Gasteiger partial charge in [-0.15, -0.1) is 0 Å². The van der Waals surface area contributed by atoms with Gasteiger partial charge in [-0.1, -0.05) is 12.1 Å². The molecule has 106 valence electrons. The molecule has 0 aliphatic carbocycles.